The Hall–Kier alpha value is -1.96. The summed E-state index contributed by atoms with van der Waals surface area (Å²) < 4.78 is 12.3. The second-order valence-corrected chi connectivity index (χ2v) is 19.4. The summed E-state index contributed by atoms with van der Waals surface area (Å²) in [6, 6.07) is 0.192. The first-order valence-corrected chi connectivity index (χ1v) is 18.7. The Kier molecular flexibility index (Phi) is 14.0. The summed E-state index contributed by atoms with van der Waals surface area (Å²) in [7, 11) is 0. The first-order valence-electron chi connectivity index (χ1n) is 18.7. The van der Waals surface area contributed by atoms with E-state index in [0.717, 1.165) is 45.2 Å². The van der Waals surface area contributed by atoms with Crippen molar-refractivity contribution in [2.24, 2.45) is 21.7 Å². The average Bonchev–Trinajstić information content (AvgIpc) is 3.54. The monoisotopic (exact) mass is 677 g/mol. The zero-order chi connectivity index (χ0) is 36.9. The Morgan fingerprint density at radius 2 is 1.17 bits per heavy atom. The molecule has 2 saturated heterocycles. The van der Waals surface area contributed by atoms with E-state index in [0.29, 0.717) is 38.7 Å². The average molecular weight is 677 g/mol. The molecule has 8 heteroatoms. The highest BCUT2D eigenvalue weighted by Crippen LogP contribution is 2.40. The fourth-order valence-corrected chi connectivity index (χ4v) is 7.34. The van der Waals surface area contributed by atoms with Gasteiger partial charge in [-0.1, -0.05) is 76.2 Å². The van der Waals surface area contributed by atoms with Crippen LogP contribution < -0.4 is 0 Å². The van der Waals surface area contributed by atoms with Crippen molar-refractivity contribution in [2.45, 2.75) is 191 Å². The summed E-state index contributed by atoms with van der Waals surface area (Å²) in [6.45, 7) is 31.2. The fraction of sp³-hybridized carbons (Fsp3) is 0.900. The number of carbonyl (C=O) groups is 4. The lowest BCUT2D eigenvalue weighted by atomic mass is 9.73. The molecule has 0 N–H and O–H groups in total. The quantitative estimate of drug-likeness (QED) is 0.135. The van der Waals surface area contributed by atoms with Crippen molar-refractivity contribution in [3.63, 3.8) is 0 Å². The Morgan fingerprint density at radius 1 is 0.708 bits per heavy atom. The van der Waals surface area contributed by atoms with Crippen LogP contribution in [0.5, 0.6) is 0 Å². The minimum absolute atomic E-state index is 0.0440. The van der Waals surface area contributed by atoms with Crippen molar-refractivity contribution < 1.29 is 28.7 Å². The molecule has 0 aromatic rings. The second-order valence-electron chi connectivity index (χ2n) is 19.4. The van der Waals surface area contributed by atoms with Crippen LogP contribution in [-0.4, -0.2) is 76.3 Å². The summed E-state index contributed by atoms with van der Waals surface area (Å²) in [5, 5.41) is 0. The predicted molar refractivity (Wildman–Crippen MR) is 193 cm³/mol. The van der Waals surface area contributed by atoms with Crippen molar-refractivity contribution in [1.82, 2.24) is 9.80 Å². The first-order chi connectivity index (χ1) is 21.7. The zero-order valence-electron chi connectivity index (χ0n) is 33.4. The van der Waals surface area contributed by atoms with E-state index in [4.69, 9.17) is 9.47 Å². The molecule has 0 saturated carbocycles. The zero-order valence-corrected chi connectivity index (χ0v) is 33.4. The topological polar surface area (TPSA) is 93.2 Å². The van der Waals surface area contributed by atoms with Crippen LogP contribution in [0.1, 0.15) is 168 Å². The maximum atomic E-state index is 13.4. The van der Waals surface area contributed by atoms with Gasteiger partial charge < -0.3 is 19.3 Å². The van der Waals surface area contributed by atoms with Gasteiger partial charge in [0.25, 0.3) is 0 Å². The minimum Gasteiger partial charge on any atom is -0.459 e. The summed E-state index contributed by atoms with van der Waals surface area (Å²) in [4.78, 5) is 56.0. The molecular weight excluding hydrogens is 604 g/mol. The first kappa shape index (κ1) is 42.2. The maximum absolute atomic E-state index is 13.4. The van der Waals surface area contributed by atoms with Gasteiger partial charge >= 0.3 is 5.97 Å². The molecule has 3 unspecified atom stereocenters. The maximum Gasteiger partial charge on any atom is 0.306 e. The fourth-order valence-electron chi connectivity index (χ4n) is 7.34. The Morgan fingerprint density at radius 3 is 1.56 bits per heavy atom. The van der Waals surface area contributed by atoms with E-state index in [2.05, 4.69) is 74.1 Å². The number of ketones is 1. The molecule has 48 heavy (non-hydrogen) atoms. The molecule has 2 aliphatic heterocycles. The van der Waals surface area contributed by atoms with Gasteiger partial charge in [0.15, 0.2) is 5.78 Å². The second kappa shape index (κ2) is 15.9. The number of hydrogen-bond donors (Lipinski definition) is 0. The van der Waals surface area contributed by atoms with Gasteiger partial charge in [-0.2, -0.15) is 0 Å². The number of hydrogen-bond acceptors (Lipinski definition) is 6. The molecule has 2 fully saturated rings. The Bertz CT molecular complexity index is 1130. The van der Waals surface area contributed by atoms with Gasteiger partial charge in [-0.05, 0) is 81.0 Å². The van der Waals surface area contributed by atoms with Crippen LogP contribution in [0.4, 0.5) is 0 Å². The highest BCUT2D eigenvalue weighted by Gasteiger charge is 2.42. The third kappa shape index (κ3) is 12.4. The third-order valence-electron chi connectivity index (χ3n) is 11.0. The minimum atomic E-state index is -0.958. The van der Waals surface area contributed by atoms with Gasteiger partial charge in [-0.25, -0.2) is 0 Å². The van der Waals surface area contributed by atoms with Gasteiger partial charge in [-0.3, -0.25) is 19.2 Å². The lowest BCUT2D eigenvalue weighted by Crippen LogP contribution is -2.47. The molecule has 0 aliphatic carbocycles. The standard InChI is InChI=1S/C40H72N2O6/c1-15-40(14,48-34(46)28-38(10,11)27-30(36(5,6)7)42-24-17-19-33(42)45)22-25-47-39(12,13)31(43)20-21-37(8,9)26-29(35(2,3)4)41-23-16-18-32(41)44/h29-30H,15-28H2,1-14H3. The van der Waals surface area contributed by atoms with Crippen LogP contribution in [0.15, 0.2) is 0 Å². The number of amides is 2. The third-order valence-corrected chi connectivity index (χ3v) is 11.0. The van der Waals surface area contributed by atoms with E-state index in [1.165, 1.54) is 0 Å². The number of nitrogens with zero attached hydrogens (tertiary/aromatic N) is 2. The summed E-state index contributed by atoms with van der Waals surface area (Å²) in [6.07, 6.45) is 7.12. The highest BCUT2D eigenvalue weighted by molar-refractivity contribution is 5.86. The van der Waals surface area contributed by atoms with Gasteiger partial charge in [0, 0.05) is 50.9 Å². The van der Waals surface area contributed by atoms with E-state index >= 15 is 0 Å². The molecule has 2 amide bonds. The van der Waals surface area contributed by atoms with Gasteiger partial charge in [0.1, 0.15) is 11.2 Å². The molecule has 0 aromatic carbocycles. The van der Waals surface area contributed by atoms with Crippen LogP contribution in [0, 0.1) is 21.7 Å². The smallest absolute Gasteiger partial charge is 0.306 e. The Balaban J connectivity index is 1.92. The van der Waals surface area contributed by atoms with Crippen LogP contribution >= 0.6 is 0 Å². The molecular formula is C40H72N2O6. The van der Waals surface area contributed by atoms with E-state index in [9.17, 15) is 19.2 Å². The molecule has 2 rings (SSSR count). The number of rotatable bonds is 18. The molecule has 278 valence electrons. The van der Waals surface area contributed by atoms with E-state index in [1.54, 1.807) is 0 Å². The lowest BCUT2D eigenvalue weighted by molar-refractivity contribution is -0.165. The number of ether oxygens (including phenoxy) is 2. The van der Waals surface area contributed by atoms with Crippen molar-refractivity contribution in [3.05, 3.63) is 0 Å². The van der Waals surface area contributed by atoms with Crippen molar-refractivity contribution in [3.8, 4) is 0 Å². The highest BCUT2D eigenvalue weighted by atomic mass is 16.6. The molecule has 8 nitrogen and oxygen atoms in total. The summed E-state index contributed by atoms with van der Waals surface area (Å²) in [5.41, 5.74) is -2.27. The molecule has 0 spiro atoms. The number of likely N-dealkylation sites (tertiary alicyclic amines) is 2. The number of esters is 1. The van der Waals surface area contributed by atoms with Crippen molar-refractivity contribution in [2.75, 3.05) is 19.7 Å². The van der Waals surface area contributed by atoms with Crippen LogP contribution in [0.25, 0.3) is 0 Å². The van der Waals surface area contributed by atoms with Crippen LogP contribution in [0.2, 0.25) is 0 Å². The van der Waals surface area contributed by atoms with Gasteiger partial charge in [0.2, 0.25) is 11.8 Å². The number of Topliss-reactive ketones (excluding diaryl/α,β-unsaturated/α-hetero) is 1. The van der Waals surface area contributed by atoms with Crippen LogP contribution in [0.3, 0.4) is 0 Å². The predicted octanol–water partition coefficient (Wildman–Crippen LogP) is 8.53. The van der Waals surface area contributed by atoms with E-state index < -0.39 is 11.2 Å². The molecule has 0 bridgehead atoms. The van der Waals surface area contributed by atoms with E-state index in [-0.39, 0.29) is 63.7 Å². The van der Waals surface area contributed by atoms with Crippen molar-refractivity contribution >= 4 is 23.6 Å². The lowest BCUT2D eigenvalue weighted by Gasteiger charge is -2.42. The Labute approximate surface area is 293 Å². The molecule has 2 heterocycles. The molecule has 2 aliphatic rings. The number of carbonyl (C=O) groups excluding carboxylic acids is 4. The molecule has 0 radical (unpaired) electrons. The van der Waals surface area contributed by atoms with Crippen molar-refractivity contribution in [1.29, 1.82) is 0 Å². The molecule has 3 atom stereocenters. The van der Waals surface area contributed by atoms with Gasteiger partial charge in [-0.15, -0.1) is 0 Å². The largest absolute Gasteiger partial charge is 0.459 e. The SMILES string of the molecule is CCC(C)(CCOC(C)(C)C(=O)CCC(C)(C)CC(N1CCCC1=O)C(C)(C)C)OC(=O)CC(C)(C)CC(N1CCCC1=O)C(C)(C)C. The van der Waals surface area contributed by atoms with Crippen LogP contribution in [-0.2, 0) is 28.7 Å². The van der Waals surface area contributed by atoms with Gasteiger partial charge in [0.05, 0.1) is 13.0 Å². The summed E-state index contributed by atoms with van der Waals surface area (Å²) >= 11 is 0. The molecule has 0 aromatic heterocycles. The summed E-state index contributed by atoms with van der Waals surface area (Å²) in [5.74, 6) is 0.268. The van der Waals surface area contributed by atoms with E-state index in [1.807, 2.05) is 32.6 Å². The normalized spacial score (nSPS) is 19.5.